The topological polar surface area (TPSA) is 97.6 Å². The summed E-state index contributed by atoms with van der Waals surface area (Å²) < 4.78 is 40.9. The standard InChI is InChI=1S/C45H61NO8Si/c1-45(2,3)55(4,5)54-41(26-28-49-31-35-17-9-6-10-18-35)44(53-33-37-21-13-8-14-22-37)43(52-32-36-19-11-7-12-20-36)40(48)29-46-38(30-47)24-25-39(46)34-51-42-23-15-16-27-50-42/h6-14,17-22,24-25,30,40-44,48H,15-16,23,26-29,31-34H2,1-5H3/t40?,41-,42?,43+,44-/m1/s1. The maximum atomic E-state index is 12.4. The Balaban J connectivity index is 1.48. The van der Waals surface area contributed by atoms with Gasteiger partial charge in [0.05, 0.1) is 44.8 Å². The summed E-state index contributed by atoms with van der Waals surface area (Å²) in [5.74, 6) is 0. The summed E-state index contributed by atoms with van der Waals surface area (Å²) in [7, 11) is -2.40. The Labute approximate surface area is 329 Å². The molecule has 0 spiro atoms. The highest BCUT2D eigenvalue weighted by atomic mass is 28.4. The second-order valence-electron chi connectivity index (χ2n) is 15.9. The number of carbonyl (C=O) groups is 1. The predicted octanol–water partition coefficient (Wildman–Crippen LogP) is 8.87. The van der Waals surface area contributed by atoms with Gasteiger partial charge in [-0.05, 0) is 72.6 Å². The smallest absolute Gasteiger partial charge is 0.192 e. The highest BCUT2D eigenvalue weighted by Gasteiger charge is 2.44. The lowest BCUT2D eigenvalue weighted by molar-refractivity contribution is -0.172. The van der Waals surface area contributed by atoms with E-state index in [-0.39, 0.29) is 37.7 Å². The molecule has 1 aliphatic heterocycles. The average molecular weight is 772 g/mol. The van der Waals surface area contributed by atoms with E-state index in [1.807, 2.05) is 89.5 Å². The predicted molar refractivity (Wildman–Crippen MR) is 217 cm³/mol. The van der Waals surface area contributed by atoms with Crippen molar-refractivity contribution in [2.45, 2.75) is 128 Å². The highest BCUT2D eigenvalue weighted by Crippen LogP contribution is 2.39. The zero-order chi connectivity index (χ0) is 39.1. The van der Waals surface area contributed by atoms with Gasteiger partial charge in [-0.2, -0.15) is 0 Å². The van der Waals surface area contributed by atoms with Crippen LogP contribution in [0.4, 0.5) is 0 Å². The first-order valence-electron chi connectivity index (χ1n) is 19.7. The molecule has 5 rings (SSSR count). The largest absolute Gasteiger partial charge is 0.411 e. The summed E-state index contributed by atoms with van der Waals surface area (Å²) in [6, 6.07) is 33.7. The maximum absolute atomic E-state index is 12.4. The van der Waals surface area contributed by atoms with Crippen LogP contribution < -0.4 is 0 Å². The van der Waals surface area contributed by atoms with Gasteiger partial charge in [-0.3, -0.25) is 4.79 Å². The molecule has 1 aromatic heterocycles. The number of ether oxygens (including phenoxy) is 5. The third-order valence-corrected chi connectivity index (χ3v) is 15.2. The minimum absolute atomic E-state index is 0.0767. The van der Waals surface area contributed by atoms with Crippen molar-refractivity contribution < 1.29 is 38.0 Å². The van der Waals surface area contributed by atoms with Crippen molar-refractivity contribution in [3.63, 3.8) is 0 Å². The summed E-state index contributed by atoms with van der Waals surface area (Å²) in [5.41, 5.74) is 4.25. The third-order valence-electron chi connectivity index (χ3n) is 10.7. The number of nitrogens with zero attached hydrogens (tertiary/aromatic N) is 1. The van der Waals surface area contributed by atoms with Crippen LogP contribution in [0.1, 0.15) is 79.3 Å². The van der Waals surface area contributed by atoms with Gasteiger partial charge in [-0.25, -0.2) is 0 Å². The van der Waals surface area contributed by atoms with Crippen molar-refractivity contribution in [3.05, 3.63) is 131 Å². The molecule has 1 fully saturated rings. The summed E-state index contributed by atoms with van der Waals surface area (Å²) in [4.78, 5) is 12.4. The van der Waals surface area contributed by atoms with Gasteiger partial charge in [-0.15, -0.1) is 0 Å². The Bertz CT molecular complexity index is 1670. The number of benzene rings is 3. The molecule has 1 saturated heterocycles. The van der Waals surface area contributed by atoms with Crippen LogP contribution in [0.3, 0.4) is 0 Å². The van der Waals surface area contributed by atoms with E-state index in [0.717, 1.165) is 47.9 Å². The first-order valence-corrected chi connectivity index (χ1v) is 22.6. The second-order valence-corrected chi connectivity index (χ2v) is 20.7. The molecule has 0 amide bonds. The summed E-state index contributed by atoms with van der Waals surface area (Å²) in [6.07, 6.45) is 0.766. The molecule has 0 bridgehead atoms. The monoisotopic (exact) mass is 771 g/mol. The van der Waals surface area contributed by atoms with E-state index in [4.69, 9.17) is 28.1 Å². The molecule has 55 heavy (non-hydrogen) atoms. The zero-order valence-electron chi connectivity index (χ0n) is 33.3. The molecule has 5 atom stereocenters. The van der Waals surface area contributed by atoms with Crippen molar-refractivity contribution in [1.29, 1.82) is 0 Å². The van der Waals surface area contributed by atoms with E-state index in [1.54, 1.807) is 6.07 Å². The molecule has 9 nitrogen and oxygen atoms in total. The maximum Gasteiger partial charge on any atom is 0.192 e. The van der Waals surface area contributed by atoms with Crippen LogP contribution >= 0.6 is 0 Å². The lowest BCUT2D eigenvalue weighted by atomic mass is 9.99. The second kappa shape index (κ2) is 21.2. The van der Waals surface area contributed by atoms with Crippen LogP contribution in [-0.2, 0) is 61.1 Å². The lowest BCUT2D eigenvalue weighted by Crippen LogP contribution is -2.54. The van der Waals surface area contributed by atoms with Crippen LogP contribution in [0.5, 0.6) is 0 Å². The Morgan fingerprint density at radius 3 is 1.93 bits per heavy atom. The minimum Gasteiger partial charge on any atom is -0.411 e. The van der Waals surface area contributed by atoms with E-state index < -0.39 is 32.7 Å². The molecule has 2 unspecified atom stereocenters. The van der Waals surface area contributed by atoms with E-state index in [2.05, 4.69) is 46.0 Å². The van der Waals surface area contributed by atoms with Crippen LogP contribution in [-0.4, -0.2) is 68.2 Å². The van der Waals surface area contributed by atoms with Gasteiger partial charge in [-0.1, -0.05) is 112 Å². The van der Waals surface area contributed by atoms with Gasteiger partial charge in [0, 0.05) is 18.9 Å². The van der Waals surface area contributed by atoms with E-state index >= 15 is 0 Å². The first-order chi connectivity index (χ1) is 26.5. The molecule has 10 heteroatoms. The lowest BCUT2D eigenvalue weighted by Gasteiger charge is -2.43. The van der Waals surface area contributed by atoms with Crippen LogP contribution in [0.2, 0.25) is 18.1 Å². The fourth-order valence-corrected chi connectivity index (χ4v) is 7.83. The molecular formula is C45H61NO8Si. The summed E-state index contributed by atoms with van der Waals surface area (Å²) in [6.45, 7) is 13.5. The van der Waals surface area contributed by atoms with Gasteiger partial charge < -0.3 is 37.8 Å². The number of aliphatic hydroxyl groups is 1. The Morgan fingerprint density at radius 2 is 1.38 bits per heavy atom. The molecule has 0 aliphatic carbocycles. The third kappa shape index (κ3) is 13.0. The summed E-state index contributed by atoms with van der Waals surface area (Å²) >= 11 is 0. The fourth-order valence-electron chi connectivity index (χ4n) is 6.47. The van der Waals surface area contributed by atoms with Crippen molar-refractivity contribution in [2.24, 2.45) is 0 Å². The van der Waals surface area contributed by atoms with Crippen LogP contribution in [0.15, 0.2) is 103 Å². The number of hydrogen-bond donors (Lipinski definition) is 1. The van der Waals surface area contributed by atoms with Gasteiger partial charge in [0.15, 0.2) is 20.9 Å². The van der Waals surface area contributed by atoms with Gasteiger partial charge in [0.2, 0.25) is 0 Å². The highest BCUT2D eigenvalue weighted by molar-refractivity contribution is 6.74. The number of hydrogen-bond acceptors (Lipinski definition) is 8. The van der Waals surface area contributed by atoms with E-state index in [1.165, 1.54) is 0 Å². The van der Waals surface area contributed by atoms with E-state index in [9.17, 15) is 9.90 Å². The molecule has 298 valence electrons. The molecular weight excluding hydrogens is 711 g/mol. The molecule has 0 saturated carbocycles. The van der Waals surface area contributed by atoms with E-state index in [0.29, 0.717) is 31.9 Å². The molecule has 4 aromatic rings. The minimum atomic E-state index is -2.40. The van der Waals surface area contributed by atoms with Crippen LogP contribution in [0.25, 0.3) is 0 Å². The number of carbonyl (C=O) groups excluding carboxylic acids is 1. The first kappa shape index (κ1) is 42.7. The Morgan fingerprint density at radius 1 is 0.800 bits per heavy atom. The quantitative estimate of drug-likeness (QED) is 0.0481. The molecule has 1 aliphatic rings. The zero-order valence-corrected chi connectivity index (χ0v) is 34.3. The molecule has 0 radical (unpaired) electrons. The van der Waals surface area contributed by atoms with Crippen molar-refractivity contribution in [3.8, 4) is 0 Å². The van der Waals surface area contributed by atoms with Gasteiger partial charge in [0.25, 0.3) is 0 Å². The van der Waals surface area contributed by atoms with Crippen molar-refractivity contribution >= 4 is 14.6 Å². The Kier molecular flexibility index (Phi) is 16.4. The van der Waals surface area contributed by atoms with Crippen molar-refractivity contribution in [2.75, 3.05) is 13.2 Å². The number of aromatic nitrogens is 1. The number of aliphatic hydroxyl groups excluding tert-OH is 1. The van der Waals surface area contributed by atoms with Gasteiger partial charge in [0.1, 0.15) is 18.3 Å². The molecule has 2 heterocycles. The fraction of sp³-hybridized carbons (Fsp3) is 0.489. The van der Waals surface area contributed by atoms with Crippen LogP contribution in [0, 0.1) is 0 Å². The molecule has 1 N–H and O–H groups in total. The normalized spacial score (nSPS) is 17.4. The SMILES string of the molecule is CC(C)(C)[Si](C)(C)O[C@H](CCOCc1ccccc1)[C@@H](OCc1ccccc1)[C@@H](OCc1ccccc1)C(O)Cn1c(C=O)ccc1COC1CCCCO1. The van der Waals surface area contributed by atoms with Gasteiger partial charge >= 0.3 is 0 Å². The average Bonchev–Trinajstić information content (AvgIpc) is 3.58. The number of rotatable bonds is 22. The number of aldehydes is 1. The Hall–Kier alpha value is -3.45. The molecule has 3 aromatic carbocycles. The summed E-state index contributed by atoms with van der Waals surface area (Å²) in [5, 5.41) is 12.3. The van der Waals surface area contributed by atoms with Crippen molar-refractivity contribution in [1.82, 2.24) is 4.57 Å².